The molecule has 0 N–H and O–H groups in total. The van der Waals surface area contributed by atoms with E-state index < -0.39 is 0 Å². The average molecular weight is 1260 g/mol. The van der Waals surface area contributed by atoms with E-state index in [1.54, 1.807) is 0 Å². The summed E-state index contributed by atoms with van der Waals surface area (Å²) in [7, 11) is 0. The molecule has 0 atom stereocenters. The predicted molar refractivity (Wildman–Crippen MR) is 405 cm³/mol. The van der Waals surface area contributed by atoms with Gasteiger partial charge in [0.25, 0.3) is 0 Å². The van der Waals surface area contributed by atoms with Crippen LogP contribution in [0.15, 0.2) is 158 Å². The molecular formula is C87H98N6S. The van der Waals surface area contributed by atoms with Gasteiger partial charge in [0.05, 0.1) is 28.1 Å². The molecule has 0 aliphatic carbocycles. The van der Waals surface area contributed by atoms with Crippen LogP contribution in [0.3, 0.4) is 0 Å². The number of fused-ring (bicyclic) bond motifs is 7. The van der Waals surface area contributed by atoms with E-state index in [9.17, 15) is 0 Å². The van der Waals surface area contributed by atoms with Crippen LogP contribution in [-0.2, 0) is 43.3 Å². The Morgan fingerprint density at radius 2 is 0.638 bits per heavy atom. The third-order valence-electron chi connectivity index (χ3n) is 19.0. The van der Waals surface area contributed by atoms with Crippen molar-refractivity contribution in [2.24, 2.45) is 0 Å². The Labute approximate surface area is 564 Å². The van der Waals surface area contributed by atoms with Crippen molar-refractivity contribution in [3.63, 3.8) is 0 Å². The van der Waals surface area contributed by atoms with Gasteiger partial charge in [-0.3, -0.25) is 0 Å². The maximum absolute atomic E-state index is 5.82. The summed E-state index contributed by atoms with van der Waals surface area (Å²) in [5, 5.41) is 4.94. The Bertz CT molecular complexity index is 4650. The van der Waals surface area contributed by atoms with Gasteiger partial charge in [-0.1, -0.05) is 233 Å². The Kier molecular flexibility index (Phi) is 16.0. The maximum atomic E-state index is 5.82. The lowest BCUT2D eigenvalue weighted by atomic mass is 9.79. The molecule has 12 rings (SSSR count). The molecule has 4 aromatic heterocycles. The molecule has 8 aromatic carbocycles. The Balaban J connectivity index is 1.23. The maximum Gasteiger partial charge on any atom is 0.166 e. The predicted octanol–water partition coefficient (Wildman–Crippen LogP) is 24.5. The fourth-order valence-electron chi connectivity index (χ4n) is 12.7. The van der Waals surface area contributed by atoms with Crippen LogP contribution in [0.2, 0.25) is 0 Å². The molecule has 0 amide bonds. The van der Waals surface area contributed by atoms with Gasteiger partial charge in [0.2, 0.25) is 0 Å². The van der Waals surface area contributed by atoms with Crippen LogP contribution in [0.25, 0.3) is 116 Å². The minimum absolute atomic E-state index is 0.120. The highest BCUT2D eigenvalue weighted by molar-refractivity contribution is 7.26. The fourth-order valence-corrected chi connectivity index (χ4v) is 14.0. The summed E-state index contributed by atoms with van der Waals surface area (Å²) in [5.41, 5.74) is 19.4. The first kappa shape index (κ1) is 65.9. The molecule has 0 unspecified atom stereocenters. The van der Waals surface area contributed by atoms with E-state index in [0.29, 0.717) is 23.3 Å². The van der Waals surface area contributed by atoms with Gasteiger partial charge >= 0.3 is 0 Å². The normalized spacial score (nSPS) is 13.3. The van der Waals surface area contributed by atoms with Gasteiger partial charge in [0.1, 0.15) is 0 Å². The molecule has 6 nitrogen and oxygen atoms in total. The molecule has 0 bridgehead atoms. The minimum Gasteiger partial charge on any atom is -0.308 e. The Morgan fingerprint density at radius 3 is 1.05 bits per heavy atom. The summed E-state index contributed by atoms with van der Waals surface area (Å²) in [4.78, 5) is 28.8. The van der Waals surface area contributed by atoms with E-state index >= 15 is 0 Å². The lowest BCUT2D eigenvalue weighted by molar-refractivity contribution is 0.568. The van der Waals surface area contributed by atoms with Gasteiger partial charge in [0, 0.05) is 64.3 Å². The van der Waals surface area contributed by atoms with E-state index in [4.69, 9.17) is 24.9 Å². The third-order valence-corrected chi connectivity index (χ3v) is 20.3. The van der Waals surface area contributed by atoms with Gasteiger partial charge in [-0.25, -0.2) is 24.9 Å². The number of benzene rings is 8. The SMILES string of the molecule is CC(C)(C)c1cc(-c2cc(-c3cc(C(C)(C)C)cc(C(C)(C)C)c3)nc(-c3ccc(-n4c5ccccc5c5c6sc7ccccc7c6ccc54)c(-c4nc(-c5cc(C(C)(C)C)cc(C(C)(C)C)c5)nc(-c5cc(C(C)(C)C)cc(C(C)(C)C)c5)n4)c3)n2)cc(C(C)(C)C)c1. The highest BCUT2D eigenvalue weighted by Crippen LogP contribution is 2.47. The molecule has 0 spiro atoms. The Morgan fingerprint density at radius 1 is 0.277 bits per heavy atom. The third kappa shape index (κ3) is 12.8. The molecule has 0 radical (unpaired) electrons. The van der Waals surface area contributed by atoms with Crippen molar-refractivity contribution in [1.29, 1.82) is 0 Å². The quantitative estimate of drug-likeness (QED) is 0.159. The number of nitrogens with zero attached hydrogens (tertiary/aromatic N) is 6. The summed E-state index contributed by atoms with van der Waals surface area (Å²) in [6.07, 6.45) is 0. The van der Waals surface area contributed by atoms with Gasteiger partial charge in [0.15, 0.2) is 23.3 Å². The number of hydrogen-bond donors (Lipinski definition) is 0. The van der Waals surface area contributed by atoms with E-state index in [1.165, 1.54) is 75.5 Å². The van der Waals surface area contributed by atoms with Crippen LogP contribution in [0, 0.1) is 0 Å². The van der Waals surface area contributed by atoms with Crippen LogP contribution >= 0.6 is 11.3 Å². The van der Waals surface area contributed by atoms with Crippen molar-refractivity contribution in [1.82, 2.24) is 29.5 Å². The van der Waals surface area contributed by atoms with E-state index in [-0.39, 0.29) is 43.3 Å². The molecule has 0 aliphatic heterocycles. The molecule has 94 heavy (non-hydrogen) atoms. The molecule has 0 saturated carbocycles. The lowest BCUT2D eigenvalue weighted by Crippen LogP contribution is -2.17. The van der Waals surface area contributed by atoms with Gasteiger partial charge < -0.3 is 4.57 Å². The van der Waals surface area contributed by atoms with Crippen LogP contribution < -0.4 is 0 Å². The van der Waals surface area contributed by atoms with Crippen molar-refractivity contribution >= 4 is 53.3 Å². The summed E-state index contributed by atoms with van der Waals surface area (Å²) < 4.78 is 4.99. The van der Waals surface area contributed by atoms with Crippen molar-refractivity contribution < 1.29 is 0 Å². The monoisotopic (exact) mass is 1260 g/mol. The van der Waals surface area contributed by atoms with Crippen molar-refractivity contribution in [2.75, 3.05) is 0 Å². The topological polar surface area (TPSA) is 69.4 Å². The standard InChI is InChI=1S/C87H98N6S/c1-80(2,3)56-37-52(38-57(46-56)81(4,5)6)68-50-69(53-39-58(82(7,8)9)47-59(40-53)83(10,11)12)89-76(88-68)51-33-35-71(93-70-31-27-25-30-66(70)74-72(93)36-34-65-64-29-26-28-32-73(64)94-75(65)74)67(45-51)79-91-77(54-41-60(84(13,14)15)48-61(42-54)85(16,17)18)90-78(92-79)55-43-62(86(19,20)21)49-63(44-55)87(22,23)24/h25-50H,1-24H3. The second-order valence-corrected chi connectivity index (χ2v) is 36.0. The first-order chi connectivity index (χ1) is 43.6. The molecule has 12 aromatic rings. The van der Waals surface area contributed by atoms with Crippen LogP contribution in [0.4, 0.5) is 0 Å². The Hall–Kier alpha value is -8.13. The van der Waals surface area contributed by atoms with Gasteiger partial charge in [-0.2, -0.15) is 0 Å². The zero-order valence-corrected chi connectivity index (χ0v) is 61.4. The van der Waals surface area contributed by atoms with Crippen LogP contribution in [-0.4, -0.2) is 29.5 Å². The first-order valence-corrected chi connectivity index (χ1v) is 34.7. The second kappa shape index (κ2) is 22.8. The number of rotatable bonds is 7. The van der Waals surface area contributed by atoms with E-state index in [1.807, 2.05) is 11.3 Å². The molecule has 7 heteroatoms. The lowest BCUT2D eigenvalue weighted by Gasteiger charge is -2.27. The molecule has 0 fully saturated rings. The van der Waals surface area contributed by atoms with Crippen molar-refractivity contribution in [2.45, 2.75) is 209 Å². The summed E-state index contributed by atoms with van der Waals surface area (Å²) in [6, 6.07) is 59.6. The second-order valence-electron chi connectivity index (χ2n) is 35.0. The number of thiophene rings is 1. The largest absolute Gasteiger partial charge is 0.308 e. The summed E-state index contributed by atoms with van der Waals surface area (Å²) in [6.45, 7) is 55.2. The van der Waals surface area contributed by atoms with Crippen LogP contribution in [0.1, 0.15) is 211 Å². The van der Waals surface area contributed by atoms with Crippen LogP contribution in [0.5, 0.6) is 0 Å². The molecule has 4 heterocycles. The van der Waals surface area contributed by atoms with Crippen molar-refractivity contribution in [3.8, 4) is 73.8 Å². The molecule has 0 aliphatic rings. The zero-order valence-electron chi connectivity index (χ0n) is 60.6. The van der Waals surface area contributed by atoms with E-state index in [0.717, 1.165) is 61.5 Å². The number of para-hydroxylation sites is 1. The average Bonchev–Trinajstić information content (AvgIpc) is 1.52. The highest BCUT2D eigenvalue weighted by atomic mass is 32.1. The smallest absolute Gasteiger partial charge is 0.166 e. The fraction of sp³-hybridized carbons (Fsp3) is 0.368. The number of hydrogen-bond acceptors (Lipinski definition) is 6. The van der Waals surface area contributed by atoms with E-state index in [2.05, 4.69) is 328 Å². The molecule has 482 valence electrons. The summed E-state index contributed by atoms with van der Waals surface area (Å²) >= 11 is 1.87. The van der Waals surface area contributed by atoms with Crippen molar-refractivity contribution in [3.05, 3.63) is 202 Å². The molecule has 0 saturated heterocycles. The number of aromatic nitrogens is 6. The van der Waals surface area contributed by atoms with Gasteiger partial charge in [-0.15, -0.1) is 11.3 Å². The zero-order chi connectivity index (χ0) is 67.9. The molecular weight excluding hydrogens is 1160 g/mol. The first-order valence-electron chi connectivity index (χ1n) is 33.9. The highest BCUT2D eigenvalue weighted by Gasteiger charge is 2.30. The minimum atomic E-state index is -0.159. The van der Waals surface area contributed by atoms with Gasteiger partial charge in [-0.05, 0) is 179 Å². The summed E-state index contributed by atoms with van der Waals surface area (Å²) in [5.74, 6) is 2.40.